The molecule has 0 saturated carbocycles. The number of nitrogens with one attached hydrogen (secondary N) is 1. The van der Waals surface area contributed by atoms with Crippen molar-refractivity contribution in [3.8, 4) is 5.75 Å². The van der Waals surface area contributed by atoms with Gasteiger partial charge in [0, 0.05) is 7.05 Å². The summed E-state index contributed by atoms with van der Waals surface area (Å²) < 4.78 is 7.48. The van der Waals surface area contributed by atoms with E-state index < -0.39 is 0 Å². The van der Waals surface area contributed by atoms with E-state index in [2.05, 4.69) is 17.0 Å². The molecule has 0 saturated heterocycles. The number of nitrogens with zero attached hydrogens (tertiary/aromatic N) is 3. The molecule has 3 rings (SSSR count). The van der Waals surface area contributed by atoms with Crippen LogP contribution in [0.5, 0.6) is 5.75 Å². The third kappa shape index (κ3) is 2.20. The van der Waals surface area contributed by atoms with E-state index >= 15 is 0 Å². The normalized spacial score (nSPS) is 13.5. The Morgan fingerprint density at radius 3 is 2.86 bits per heavy atom. The van der Waals surface area contributed by atoms with Crippen molar-refractivity contribution >= 4 is 17.2 Å². The molecular formula is C16H18N4O. The minimum atomic E-state index is 0.614. The zero-order valence-corrected chi connectivity index (χ0v) is 12.5. The highest BCUT2D eigenvalue weighted by molar-refractivity contribution is 6.09. The van der Waals surface area contributed by atoms with Crippen molar-refractivity contribution < 1.29 is 4.74 Å². The zero-order valence-electron chi connectivity index (χ0n) is 12.5. The van der Waals surface area contributed by atoms with E-state index in [1.165, 1.54) is 0 Å². The lowest BCUT2D eigenvalue weighted by Crippen LogP contribution is -2.27. The molecule has 108 valence electrons. The van der Waals surface area contributed by atoms with Gasteiger partial charge in [-0.3, -0.25) is 4.68 Å². The number of hydrogen-bond acceptors (Lipinski definition) is 4. The SMILES string of the molecule is C=C1NC(c2ccccc2OCC)=Nc2c(C)nn(C)c21. The van der Waals surface area contributed by atoms with Gasteiger partial charge in [-0.15, -0.1) is 0 Å². The maximum absolute atomic E-state index is 5.68. The number of para-hydroxylation sites is 1. The van der Waals surface area contributed by atoms with E-state index in [0.717, 1.165) is 39.9 Å². The predicted molar refractivity (Wildman–Crippen MR) is 83.9 cm³/mol. The molecule has 5 nitrogen and oxygen atoms in total. The van der Waals surface area contributed by atoms with E-state index in [-0.39, 0.29) is 0 Å². The smallest absolute Gasteiger partial charge is 0.142 e. The third-order valence-corrected chi connectivity index (χ3v) is 3.41. The lowest BCUT2D eigenvalue weighted by molar-refractivity contribution is 0.339. The van der Waals surface area contributed by atoms with Crippen molar-refractivity contribution in [3.05, 3.63) is 47.8 Å². The van der Waals surface area contributed by atoms with Gasteiger partial charge in [0.05, 0.1) is 23.6 Å². The highest BCUT2D eigenvalue weighted by Crippen LogP contribution is 2.33. The van der Waals surface area contributed by atoms with E-state index in [4.69, 9.17) is 9.73 Å². The molecule has 0 unspecified atom stereocenters. The first-order valence-corrected chi connectivity index (χ1v) is 6.92. The average Bonchev–Trinajstić information content (AvgIpc) is 2.75. The van der Waals surface area contributed by atoms with Crippen LogP contribution in [-0.4, -0.2) is 22.2 Å². The van der Waals surface area contributed by atoms with Gasteiger partial charge in [-0.1, -0.05) is 18.7 Å². The molecular weight excluding hydrogens is 264 g/mol. The van der Waals surface area contributed by atoms with E-state index in [1.807, 2.05) is 45.2 Å². The first-order chi connectivity index (χ1) is 10.1. The fraction of sp³-hybridized carbons (Fsp3) is 0.250. The number of hydrogen-bond donors (Lipinski definition) is 1. The summed E-state index contributed by atoms with van der Waals surface area (Å²) in [6.07, 6.45) is 0. The second-order valence-corrected chi connectivity index (χ2v) is 4.90. The van der Waals surface area contributed by atoms with E-state index in [9.17, 15) is 0 Å². The van der Waals surface area contributed by atoms with Crippen LogP contribution in [0.25, 0.3) is 5.70 Å². The predicted octanol–water partition coefficient (Wildman–Crippen LogP) is 2.78. The Kier molecular flexibility index (Phi) is 3.25. The summed E-state index contributed by atoms with van der Waals surface area (Å²) in [7, 11) is 1.90. The molecule has 0 bridgehead atoms. The lowest BCUT2D eigenvalue weighted by atomic mass is 10.1. The Morgan fingerprint density at radius 1 is 1.33 bits per heavy atom. The quantitative estimate of drug-likeness (QED) is 0.941. The number of benzene rings is 1. The van der Waals surface area contributed by atoms with Gasteiger partial charge >= 0.3 is 0 Å². The minimum absolute atomic E-state index is 0.614. The van der Waals surface area contributed by atoms with Gasteiger partial charge in [0.2, 0.25) is 0 Å². The van der Waals surface area contributed by atoms with Crippen molar-refractivity contribution in [2.45, 2.75) is 13.8 Å². The molecule has 2 aromatic rings. The van der Waals surface area contributed by atoms with Crippen LogP contribution >= 0.6 is 0 Å². The second-order valence-electron chi connectivity index (χ2n) is 4.90. The second kappa shape index (κ2) is 5.09. The summed E-state index contributed by atoms with van der Waals surface area (Å²) in [6, 6.07) is 7.85. The summed E-state index contributed by atoms with van der Waals surface area (Å²) in [5, 5.41) is 7.66. The topological polar surface area (TPSA) is 51.4 Å². The number of rotatable bonds is 3. The first kappa shape index (κ1) is 13.4. The van der Waals surface area contributed by atoms with Gasteiger partial charge in [-0.2, -0.15) is 5.10 Å². The maximum Gasteiger partial charge on any atom is 0.142 e. The summed E-state index contributed by atoms with van der Waals surface area (Å²) in [6.45, 7) is 8.62. The summed E-state index contributed by atoms with van der Waals surface area (Å²) in [4.78, 5) is 4.71. The van der Waals surface area contributed by atoms with Crippen LogP contribution in [0.2, 0.25) is 0 Å². The van der Waals surface area contributed by atoms with Crippen LogP contribution in [0.4, 0.5) is 5.69 Å². The molecule has 1 N–H and O–H groups in total. The summed E-state index contributed by atoms with van der Waals surface area (Å²) in [5.74, 6) is 1.55. The summed E-state index contributed by atoms with van der Waals surface area (Å²) >= 11 is 0. The molecule has 1 aliphatic rings. The number of aryl methyl sites for hydroxylation is 2. The van der Waals surface area contributed by atoms with Crippen molar-refractivity contribution in [3.63, 3.8) is 0 Å². The average molecular weight is 282 g/mol. The number of aliphatic imine (C=N–C) groups is 1. The third-order valence-electron chi connectivity index (χ3n) is 3.41. The lowest BCUT2D eigenvalue weighted by Gasteiger charge is -2.20. The maximum atomic E-state index is 5.68. The Bertz CT molecular complexity index is 743. The monoisotopic (exact) mass is 282 g/mol. The van der Waals surface area contributed by atoms with Crippen LogP contribution in [0.15, 0.2) is 35.8 Å². The molecule has 1 aromatic carbocycles. The van der Waals surface area contributed by atoms with Gasteiger partial charge in [0.1, 0.15) is 23.0 Å². The standard InChI is InChI=1S/C16H18N4O/c1-5-21-13-9-7-6-8-12(13)16-17-11(3)15-14(18-16)10(2)19-20(15)4/h6-9H,3,5H2,1-2,4H3,(H,17,18). The Morgan fingerprint density at radius 2 is 2.10 bits per heavy atom. The molecule has 1 aromatic heterocycles. The Balaban J connectivity index is 2.13. The zero-order chi connectivity index (χ0) is 15.0. The van der Waals surface area contributed by atoms with Crippen molar-refractivity contribution in [2.24, 2.45) is 12.0 Å². The molecule has 2 heterocycles. The molecule has 5 heteroatoms. The van der Waals surface area contributed by atoms with E-state index in [1.54, 1.807) is 4.68 Å². The van der Waals surface area contributed by atoms with Gasteiger partial charge < -0.3 is 10.1 Å². The fourth-order valence-corrected chi connectivity index (χ4v) is 2.53. The van der Waals surface area contributed by atoms with Gasteiger partial charge in [0.25, 0.3) is 0 Å². The number of amidine groups is 1. The molecule has 0 amide bonds. The molecule has 0 atom stereocenters. The number of ether oxygens (including phenoxy) is 1. The molecule has 0 spiro atoms. The van der Waals surface area contributed by atoms with Gasteiger partial charge in [0.15, 0.2) is 0 Å². The van der Waals surface area contributed by atoms with Crippen molar-refractivity contribution in [2.75, 3.05) is 6.61 Å². The molecule has 1 aliphatic heterocycles. The molecule has 0 aliphatic carbocycles. The van der Waals surface area contributed by atoms with Crippen LogP contribution in [0, 0.1) is 6.92 Å². The van der Waals surface area contributed by atoms with Crippen LogP contribution in [0.1, 0.15) is 23.9 Å². The first-order valence-electron chi connectivity index (χ1n) is 6.92. The Labute approximate surface area is 124 Å². The molecule has 0 fully saturated rings. The molecule has 0 radical (unpaired) electrons. The highest BCUT2D eigenvalue weighted by atomic mass is 16.5. The van der Waals surface area contributed by atoms with Gasteiger partial charge in [-0.25, -0.2) is 4.99 Å². The van der Waals surface area contributed by atoms with Crippen LogP contribution in [0.3, 0.4) is 0 Å². The van der Waals surface area contributed by atoms with Gasteiger partial charge in [-0.05, 0) is 26.0 Å². The largest absolute Gasteiger partial charge is 0.493 e. The van der Waals surface area contributed by atoms with E-state index in [0.29, 0.717) is 6.61 Å². The minimum Gasteiger partial charge on any atom is -0.493 e. The number of fused-ring (bicyclic) bond motifs is 1. The van der Waals surface area contributed by atoms with Crippen molar-refractivity contribution in [1.82, 2.24) is 15.1 Å². The summed E-state index contributed by atoms with van der Waals surface area (Å²) in [5.41, 5.74) is 4.40. The van der Waals surface area contributed by atoms with Crippen LogP contribution < -0.4 is 10.1 Å². The fourth-order valence-electron chi connectivity index (χ4n) is 2.53. The van der Waals surface area contributed by atoms with Crippen LogP contribution in [-0.2, 0) is 7.05 Å². The molecule has 21 heavy (non-hydrogen) atoms. The highest BCUT2D eigenvalue weighted by Gasteiger charge is 2.23. The number of aromatic nitrogens is 2. The van der Waals surface area contributed by atoms with Crippen molar-refractivity contribution in [1.29, 1.82) is 0 Å². The Hall–Kier alpha value is -2.56.